The fourth-order valence-corrected chi connectivity index (χ4v) is 3.36. The molecule has 0 atom stereocenters. The van der Waals surface area contributed by atoms with Gasteiger partial charge in [0.2, 0.25) is 0 Å². The van der Waals surface area contributed by atoms with Crippen molar-refractivity contribution in [2.75, 3.05) is 0 Å². The first-order valence-corrected chi connectivity index (χ1v) is 8.84. The smallest absolute Gasteiger partial charge is 0.123 e. The predicted molar refractivity (Wildman–Crippen MR) is 103 cm³/mol. The van der Waals surface area contributed by atoms with Gasteiger partial charge in [0.25, 0.3) is 0 Å². The van der Waals surface area contributed by atoms with Gasteiger partial charge in [0, 0.05) is 10.8 Å². The van der Waals surface area contributed by atoms with Crippen LogP contribution in [0.1, 0.15) is 49.9 Å². The zero-order valence-electron chi connectivity index (χ0n) is 15.7. The first-order chi connectivity index (χ1) is 12.2. The van der Waals surface area contributed by atoms with Crippen LogP contribution in [0.2, 0.25) is 0 Å². The van der Waals surface area contributed by atoms with E-state index in [1.165, 1.54) is 24.3 Å². The minimum Gasteiger partial charge on any atom is -0.207 e. The van der Waals surface area contributed by atoms with E-state index in [-0.39, 0.29) is 22.5 Å². The molecule has 0 unspecified atom stereocenters. The molecule has 3 aromatic rings. The lowest BCUT2D eigenvalue weighted by molar-refractivity contribution is 0.603. The van der Waals surface area contributed by atoms with E-state index < -0.39 is 0 Å². The first-order valence-electron chi connectivity index (χ1n) is 8.84. The summed E-state index contributed by atoms with van der Waals surface area (Å²) in [7, 11) is 0. The lowest BCUT2D eigenvalue weighted by atomic mass is 9.73. The number of rotatable bonds is 4. The van der Waals surface area contributed by atoms with Crippen molar-refractivity contribution < 1.29 is 8.78 Å². The van der Waals surface area contributed by atoms with Gasteiger partial charge in [-0.25, -0.2) is 8.78 Å². The Morgan fingerprint density at radius 3 is 1.19 bits per heavy atom. The molecule has 134 valence electrons. The van der Waals surface area contributed by atoms with E-state index in [2.05, 4.69) is 52.0 Å². The molecule has 0 nitrogen and oxygen atoms in total. The summed E-state index contributed by atoms with van der Waals surface area (Å²) >= 11 is 0. The molecule has 0 aliphatic rings. The Kier molecular flexibility index (Phi) is 4.70. The summed E-state index contributed by atoms with van der Waals surface area (Å²) < 4.78 is 26.6. The molecule has 0 aliphatic heterocycles. The van der Waals surface area contributed by atoms with Crippen LogP contribution in [0.25, 0.3) is 0 Å². The Morgan fingerprint density at radius 2 is 0.846 bits per heavy atom. The van der Waals surface area contributed by atoms with E-state index in [9.17, 15) is 8.78 Å². The fourth-order valence-electron chi connectivity index (χ4n) is 3.36. The third-order valence-corrected chi connectivity index (χ3v) is 5.44. The van der Waals surface area contributed by atoms with Crippen LogP contribution >= 0.6 is 0 Å². The highest BCUT2D eigenvalue weighted by atomic mass is 19.1. The third kappa shape index (κ3) is 3.41. The highest BCUT2D eigenvalue weighted by Gasteiger charge is 2.27. The Bertz CT molecular complexity index is 816. The van der Waals surface area contributed by atoms with Crippen molar-refractivity contribution in [3.05, 3.63) is 107 Å². The molecule has 2 heteroatoms. The largest absolute Gasteiger partial charge is 0.207 e. The second kappa shape index (κ2) is 6.68. The van der Waals surface area contributed by atoms with Gasteiger partial charge in [0.15, 0.2) is 0 Å². The molecule has 0 aliphatic carbocycles. The van der Waals surface area contributed by atoms with Gasteiger partial charge in [-0.2, -0.15) is 0 Å². The summed E-state index contributed by atoms with van der Waals surface area (Å²) in [6, 6.07) is 21.8. The lowest BCUT2D eigenvalue weighted by Gasteiger charge is -2.30. The van der Waals surface area contributed by atoms with Gasteiger partial charge in [0.05, 0.1) is 0 Å². The van der Waals surface area contributed by atoms with Crippen molar-refractivity contribution in [2.24, 2.45) is 0 Å². The summed E-state index contributed by atoms with van der Waals surface area (Å²) in [6.07, 6.45) is 0. The quantitative estimate of drug-likeness (QED) is 0.496. The SMILES string of the molecule is CC(C)(c1ccc(F)cc1)c1cccc(C(C)(C)c2ccc(F)cc2)c1. The third-order valence-electron chi connectivity index (χ3n) is 5.44. The molecule has 0 radical (unpaired) electrons. The molecule has 0 aromatic heterocycles. The number of halogens is 2. The Hall–Kier alpha value is -2.48. The predicted octanol–water partition coefficient (Wildman–Crippen LogP) is 6.62. The number of benzene rings is 3. The Balaban J connectivity index is 2.02. The van der Waals surface area contributed by atoms with E-state index in [0.29, 0.717) is 0 Å². The van der Waals surface area contributed by atoms with E-state index in [4.69, 9.17) is 0 Å². The zero-order chi connectivity index (χ0) is 18.9. The molecule has 26 heavy (non-hydrogen) atoms. The van der Waals surface area contributed by atoms with Gasteiger partial charge in [-0.05, 0) is 46.5 Å². The number of hydrogen-bond donors (Lipinski definition) is 0. The lowest BCUT2D eigenvalue weighted by Crippen LogP contribution is -2.23. The molecule has 0 fully saturated rings. The van der Waals surface area contributed by atoms with Gasteiger partial charge < -0.3 is 0 Å². The second-order valence-corrected chi connectivity index (χ2v) is 7.84. The normalized spacial score (nSPS) is 12.2. The minimum atomic E-state index is -0.247. The zero-order valence-corrected chi connectivity index (χ0v) is 15.7. The molecule has 0 saturated carbocycles. The minimum absolute atomic E-state index is 0.226. The maximum absolute atomic E-state index is 13.3. The summed E-state index contributed by atoms with van der Waals surface area (Å²) in [6.45, 7) is 8.57. The Labute approximate surface area is 154 Å². The summed E-state index contributed by atoms with van der Waals surface area (Å²) in [5.74, 6) is -0.452. The van der Waals surface area contributed by atoms with Gasteiger partial charge in [0.1, 0.15) is 11.6 Å². The first kappa shape index (κ1) is 18.3. The summed E-state index contributed by atoms with van der Waals surface area (Å²) in [5, 5.41) is 0. The van der Waals surface area contributed by atoms with Crippen molar-refractivity contribution in [2.45, 2.75) is 38.5 Å². The molecule has 0 amide bonds. The topological polar surface area (TPSA) is 0 Å². The van der Waals surface area contributed by atoms with Crippen LogP contribution in [0.3, 0.4) is 0 Å². The van der Waals surface area contributed by atoms with Crippen molar-refractivity contribution in [3.63, 3.8) is 0 Å². The highest BCUT2D eigenvalue weighted by Crippen LogP contribution is 2.36. The summed E-state index contributed by atoms with van der Waals surface area (Å²) in [5.41, 5.74) is 3.96. The van der Waals surface area contributed by atoms with E-state index >= 15 is 0 Å². The average molecular weight is 350 g/mol. The molecule has 0 saturated heterocycles. The van der Waals surface area contributed by atoms with Crippen LogP contribution < -0.4 is 0 Å². The van der Waals surface area contributed by atoms with E-state index in [0.717, 1.165) is 22.3 Å². The van der Waals surface area contributed by atoms with Crippen LogP contribution in [0.4, 0.5) is 8.78 Å². The standard InChI is InChI=1S/C24H24F2/c1-23(2,17-8-12-21(25)13-9-17)19-6-5-7-20(16-19)24(3,4)18-10-14-22(26)15-11-18/h5-16H,1-4H3. The van der Waals surface area contributed by atoms with Crippen molar-refractivity contribution >= 4 is 0 Å². The van der Waals surface area contributed by atoms with Gasteiger partial charge in [-0.1, -0.05) is 76.2 Å². The van der Waals surface area contributed by atoms with Crippen LogP contribution in [0, 0.1) is 11.6 Å². The molecule has 0 bridgehead atoms. The molecule has 0 N–H and O–H groups in total. The number of hydrogen-bond acceptors (Lipinski definition) is 0. The summed E-state index contributed by atoms with van der Waals surface area (Å²) in [4.78, 5) is 0. The van der Waals surface area contributed by atoms with Crippen LogP contribution in [-0.4, -0.2) is 0 Å². The van der Waals surface area contributed by atoms with Crippen LogP contribution in [-0.2, 0) is 10.8 Å². The second-order valence-electron chi connectivity index (χ2n) is 7.84. The van der Waals surface area contributed by atoms with Crippen molar-refractivity contribution in [1.29, 1.82) is 0 Å². The maximum atomic E-state index is 13.3. The van der Waals surface area contributed by atoms with E-state index in [1.54, 1.807) is 0 Å². The molecule has 3 rings (SSSR count). The molecular formula is C24H24F2. The molecule has 0 spiro atoms. The highest BCUT2D eigenvalue weighted by molar-refractivity contribution is 5.44. The molecular weight excluding hydrogens is 326 g/mol. The Morgan fingerprint density at radius 1 is 0.500 bits per heavy atom. The van der Waals surface area contributed by atoms with Crippen molar-refractivity contribution in [3.8, 4) is 0 Å². The van der Waals surface area contributed by atoms with Gasteiger partial charge in [-0.15, -0.1) is 0 Å². The fraction of sp³-hybridized carbons (Fsp3) is 0.250. The van der Waals surface area contributed by atoms with Crippen molar-refractivity contribution in [1.82, 2.24) is 0 Å². The van der Waals surface area contributed by atoms with Gasteiger partial charge >= 0.3 is 0 Å². The van der Waals surface area contributed by atoms with Crippen LogP contribution in [0.15, 0.2) is 72.8 Å². The monoisotopic (exact) mass is 350 g/mol. The molecule has 0 heterocycles. The molecule has 3 aromatic carbocycles. The van der Waals surface area contributed by atoms with Gasteiger partial charge in [-0.3, -0.25) is 0 Å². The average Bonchev–Trinajstić information content (AvgIpc) is 2.62. The van der Waals surface area contributed by atoms with Crippen LogP contribution in [0.5, 0.6) is 0 Å². The maximum Gasteiger partial charge on any atom is 0.123 e. The van der Waals surface area contributed by atoms with E-state index in [1.807, 2.05) is 24.3 Å².